The fourth-order valence-corrected chi connectivity index (χ4v) is 7.24. The number of amides is 2. The first-order valence-electron chi connectivity index (χ1n) is 13.6. The fourth-order valence-electron chi connectivity index (χ4n) is 5.49. The van der Waals surface area contributed by atoms with Gasteiger partial charge in [0.2, 0.25) is 0 Å². The van der Waals surface area contributed by atoms with E-state index >= 15 is 0 Å². The van der Waals surface area contributed by atoms with Crippen LogP contribution in [0, 0.1) is 0 Å². The van der Waals surface area contributed by atoms with Crippen LogP contribution in [0.1, 0.15) is 22.4 Å². The monoisotopic (exact) mass is 647 g/mol. The summed E-state index contributed by atoms with van der Waals surface area (Å²) in [4.78, 5) is 48.6. The molecule has 45 heavy (non-hydrogen) atoms. The van der Waals surface area contributed by atoms with Gasteiger partial charge in [0.15, 0.2) is 10.8 Å². The van der Waals surface area contributed by atoms with Crippen molar-refractivity contribution in [3.63, 3.8) is 0 Å². The average molecular weight is 648 g/mol. The first-order valence-corrected chi connectivity index (χ1v) is 15.6. The van der Waals surface area contributed by atoms with E-state index < -0.39 is 35.4 Å². The molecule has 0 saturated carbocycles. The van der Waals surface area contributed by atoms with Gasteiger partial charge in [-0.15, -0.1) is 23.1 Å². The molecule has 1 aromatic heterocycles. The van der Waals surface area contributed by atoms with Crippen LogP contribution in [0.4, 0.5) is 5.13 Å². The van der Waals surface area contributed by atoms with Gasteiger partial charge >= 0.3 is 29.6 Å². The maximum absolute atomic E-state index is 13.4. The summed E-state index contributed by atoms with van der Waals surface area (Å²) >= 11 is 2.54. The summed E-state index contributed by atoms with van der Waals surface area (Å²) in [7, 11) is 1.31. The molecule has 3 aromatic carbocycles. The quantitative estimate of drug-likeness (QED) is 0.0804. The molecule has 2 N–H and O–H groups in total. The van der Waals surface area contributed by atoms with Crippen molar-refractivity contribution in [1.29, 1.82) is 0 Å². The summed E-state index contributed by atoms with van der Waals surface area (Å²) in [6.07, 6.45) is 0. The summed E-state index contributed by atoms with van der Waals surface area (Å²) in [6.45, 7) is 0. The molecular weight excluding hydrogens is 622 g/mol. The minimum atomic E-state index is -1.44. The number of fused-ring (bicyclic) bond motifs is 1. The summed E-state index contributed by atoms with van der Waals surface area (Å²) in [5, 5.41) is 25.3. The number of thioether (sulfide) groups is 1. The standard InChI is InChI=1S/C32H27N5O5S2.Na/c1-42-36-26(28(38)34-27-24-18-43-19-25(30(40)41)37(24)29(27)39)23-17-44-31(33-23)35-32(20-11-5-2-6-12-20,21-13-7-3-8-14-21)22-15-9-4-10-16-22;/h2-17,19,24,27H,18H2,1H3,(H,33,35)(H,34,38)(H,40,41);/q;+1/p-1. The van der Waals surface area contributed by atoms with E-state index in [1.54, 1.807) is 5.38 Å². The van der Waals surface area contributed by atoms with Crippen LogP contribution in [0.2, 0.25) is 0 Å². The molecule has 1 fully saturated rings. The van der Waals surface area contributed by atoms with Crippen LogP contribution in [0.5, 0.6) is 0 Å². The van der Waals surface area contributed by atoms with Crippen LogP contribution in [-0.4, -0.2) is 58.3 Å². The van der Waals surface area contributed by atoms with E-state index in [2.05, 4.69) is 52.2 Å². The molecule has 3 heterocycles. The van der Waals surface area contributed by atoms with Crippen molar-refractivity contribution >= 4 is 51.7 Å². The molecule has 222 valence electrons. The van der Waals surface area contributed by atoms with E-state index in [4.69, 9.17) is 9.82 Å². The molecule has 6 rings (SSSR count). The van der Waals surface area contributed by atoms with Crippen LogP contribution < -0.4 is 45.3 Å². The molecular formula is C32H26N5NaO5S2. The van der Waals surface area contributed by atoms with Crippen molar-refractivity contribution in [3.05, 3.63) is 130 Å². The van der Waals surface area contributed by atoms with E-state index in [0.29, 0.717) is 10.9 Å². The number of anilines is 1. The molecule has 2 unspecified atom stereocenters. The molecule has 2 amide bonds. The maximum Gasteiger partial charge on any atom is 1.00 e. The molecule has 2 atom stereocenters. The minimum absolute atomic E-state index is 0. The zero-order valence-corrected chi connectivity index (χ0v) is 28.0. The number of rotatable bonds is 10. The second-order valence-electron chi connectivity index (χ2n) is 9.98. The first-order chi connectivity index (χ1) is 21.4. The molecule has 10 nitrogen and oxygen atoms in total. The van der Waals surface area contributed by atoms with Gasteiger partial charge in [-0.2, -0.15) is 0 Å². The Morgan fingerprint density at radius 1 is 0.978 bits per heavy atom. The third-order valence-corrected chi connectivity index (χ3v) is 9.18. The number of thiazole rings is 1. The molecule has 2 aliphatic heterocycles. The number of carboxylic acids is 1. The molecule has 2 aliphatic rings. The Morgan fingerprint density at radius 3 is 2.04 bits per heavy atom. The zero-order valence-electron chi connectivity index (χ0n) is 24.4. The molecule has 13 heteroatoms. The number of nitrogens with zero attached hydrogens (tertiary/aromatic N) is 3. The first kappa shape index (κ1) is 32.5. The summed E-state index contributed by atoms with van der Waals surface area (Å²) < 4.78 is 0. The van der Waals surface area contributed by atoms with Gasteiger partial charge in [-0.05, 0) is 22.1 Å². The van der Waals surface area contributed by atoms with Gasteiger partial charge in [-0.1, -0.05) is 96.2 Å². The van der Waals surface area contributed by atoms with E-state index in [9.17, 15) is 19.5 Å². The average Bonchev–Trinajstić information content (AvgIpc) is 3.53. The molecule has 1 saturated heterocycles. The number of aromatic nitrogens is 1. The van der Waals surface area contributed by atoms with E-state index in [1.165, 1.54) is 35.6 Å². The number of carboxylic acid groups (broad SMARTS) is 1. The predicted octanol–water partition coefficient (Wildman–Crippen LogP) is -0.0647. The number of carbonyl (C=O) groups excluding carboxylic acids is 3. The van der Waals surface area contributed by atoms with Crippen molar-refractivity contribution in [2.75, 3.05) is 18.2 Å². The third kappa shape index (κ3) is 6.16. The Labute approximate surface area is 289 Å². The summed E-state index contributed by atoms with van der Waals surface area (Å²) in [5.74, 6) is -2.22. The molecule has 0 radical (unpaired) electrons. The van der Waals surface area contributed by atoms with Crippen molar-refractivity contribution in [2.24, 2.45) is 5.16 Å². The Balaban J connectivity index is 0.00000400. The Hall–Kier alpha value is -3.94. The maximum atomic E-state index is 13.4. The van der Waals surface area contributed by atoms with E-state index in [1.807, 2.05) is 54.6 Å². The van der Waals surface area contributed by atoms with Crippen LogP contribution in [0.3, 0.4) is 0 Å². The zero-order chi connectivity index (χ0) is 30.7. The molecule has 0 spiro atoms. The summed E-state index contributed by atoms with van der Waals surface area (Å²) in [5.41, 5.74) is 2.05. The number of hydrogen-bond acceptors (Lipinski definition) is 10. The Kier molecular flexibility index (Phi) is 10.1. The predicted molar refractivity (Wildman–Crippen MR) is 167 cm³/mol. The Bertz CT molecular complexity index is 1650. The van der Waals surface area contributed by atoms with Gasteiger partial charge in [0.25, 0.3) is 11.8 Å². The van der Waals surface area contributed by atoms with Crippen molar-refractivity contribution in [1.82, 2.24) is 15.2 Å². The van der Waals surface area contributed by atoms with Crippen LogP contribution in [-0.2, 0) is 24.8 Å². The minimum Gasteiger partial charge on any atom is -0.543 e. The van der Waals surface area contributed by atoms with Crippen LogP contribution in [0.15, 0.2) is 113 Å². The van der Waals surface area contributed by atoms with Gasteiger partial charge < -0.3 is 30.3 Å². The van der Waals surface area contributed by atoms with Crippen molar-refractivity contribution in [3.8, 4) is 0 Å². The van der Waals surface area contributed by atoms with Gasteiger partial charge in [-0.3, -0.25) is 9.59 Å². The van der Waals surface area contributed by atoms with Crippen LogP contribution in [0.25, 0.3) is 0 Å². The summed E-state index contributed by atoms with van der Waals surface area (Å²) in [6, 6.07) is 28.7. The number of benzene rings is 3. The largest absolute Gasteiger partial charge is 1.00 e. The van der Waals surface area contributed by atoms with Crippen LogP contribution >= 0.6 is 23.1 Å². The SMILES string of the molecule is CON=C(C(=O)NC1C(=O)N2C(C(=O)[O-])=CSCC12)c1csc(NC(c2ccccc2)(c2ccccc2)c2ccccc2)n1.[Na+]. The second-order valence-corrected chi connectivity index (χ2v) is 11.7. The van der Waals surface area contributed by atoms with Gasteiger partial charge in [0, 0.05) is 11.1 Å². The number of β-lactam (4-membered cyclic amide) rings is 1. The van der Waals surface area contributed by atoms with Gasteiger partial charge in [0.1, 0.15) is 24.4 Å². The van der Waals surface area contributed by atoms with Crippen molar-refractivity contribution in [2.45, 2.75) is 17.6 Å². The Morgan fingerprint density at radius 2 is 1.53 bits per heavy atom. The second kappa shape index (κ2) is 14.0. The molecule has 4 aromatic rings. The number of hydrogen-bond donors (Lipinski definition) is 2. The number of nitrogens with one attached hydrogen (secondary N) is 2. The smallest absolute Gasteiger partial charge is 0.543 e. The molecule has 0 aliphatic carbocycles. The number of carbonyl (C=O) groups is 3. The van der Waals surface area contributed by atoms with Crippen molar-refractivity contribution < 1.29 is 53.9 Å². The van der Waals surface area contributed by atoms with Gasteiger partial charge in [-0.25, -0.2) is 4.98 Å². The number of oxime groups is 1. The number of aliphatic carboxylic acids is 1. The molecule has 0 bridgehead atoms. The van der Waals surface area contributed by atoms with Gasteiger partial charge in [0.05, 0.1) is 17.7 Å². The normalized spacial score (nSPS) is 17.6. The topological polar surface area (TPSA) is 136 Å². The third-order valence-electron chi connectivity index (χ3n) is 7.50. The fraction of sp³-hybridized carbons (Fsp3) is 0.156. The van der Waals surface area contributed by atoms with E-state index in [0.717, 1.165) is 21.6 Å². The van der Waals surface area contributed by atoms with E-state index in [-0.39, 0.29) is 46.7 Å².